The van der Waals surface area contributed by atoms with Gasteiger partial charge in [0.1, 0.15) is 0 Å². The van der Waals surface area contributed by atoms with Gasteiger partial charge in [-0.15, -0.1) is 0 Å². The molecular formula is C20H23ClN2O. The Hall–Kier alpha value is -2.00. The fourth-order valence-electron chi connectivity index (χ4n) is 3.07. The van der Waals surface area contributed by atoms with E-state index in [1.54, 1.807) is 24.3 Å². The van der Waals surface area contributed by atoms with E-state index in [1.165, 1.54) is 37.2 Å². The molecule has 1 saturated heterocycles. The van der Waals surface area contributed by atoms with Crippen molar-refractivity contribution in [1.82, 2.24) is 5.32 Å². The van der Waals surface area contributed by atoms with E-state index in [2.05, 4.69) is 34.5 Å². The van der Waals surface area contributed by atoms with Gasteiger partial charge in [-0.25, -0.2) is 0 Å². The lowest BCUT2D eigenvalue weighted by Crippen LogP contribution is -2.24. The smallest absolute Gasteiger partial charge is 0.251 e. The van der Waals surface area contributed by atoms with Crippen molar-refractivity contribution in [2.45, 2.75) is 25.7 Å². The van der Waals surface area contributed by atoms with E-state index in [4.69, 9.17) is 11.6 Å². The number of nitrogens with zero attached hydrogens (tertiary/aromatic N) is 1. The minimum atomic E-state index is -0.0677. The summed E-state index contributed by atoms with van der Waals surface area (Å²) in [4.78, 5) is 14.5. The third-order valence-corrected chi connectivity index (χ3v) is 4.66. The standard InChI is InChI=1S/C20H23ClN2O/c21-18-7-3-6-17(15-18)20(24)22-12-4-5-16-8-10-19(11-9-16)23-13-1-2-14-23/h3,6-11,15H,1-2,4-5,12-14H2,(H,22,24). The zero-order valence-electron chi connectivity index (χ0n) is 13.8. The van der Waals surface area contributed by atoms with Crippen LogP contribution < -0.4 is 10.2 Å². The van der Waals surface area contributed by atoms with Crippen molar-refractivity contribution in [1.29, 1.82) is 0 Å². The van der Waals surface area contributed by atoms with Crippen LogP contribution in [-0.2, 0) is 6.42 Å². The number of benzene rings is 2. The van der Waals surface area contributed by atoms with E-state index in [9.17, 15) is 4.79 Å². The van der Waals surface area contributed by atoms with E-state index >= 15 is 0 Å². The first-order valence-electron chi connectivity index (χ1n) is 8.60. The molecule has 2 aromatic rings. The Morgan fingerprint density at radius 1 is 1.08 bits per heavy atom. The van der Waals surface area contributed by atoms with Crippen molar-refractivity contribution in [2.75, 3.05) is 24.5 Å². The average molecular weight is 343 g/mol. The largest absolute Gasteiger partial charge is 0.372 e. The van der Waals surface area contributed by atoms with Gasteiger partial charge in [-0.2, -0.15) is 0 Å². The van der Waals surface area contributed by atoms with Crippen LogP contribution in [0.4, 0.5) is 5.69 Å². The van der Waals surface area contributed by atoms with Crippen LogP contribution in [0.25, 0.3) is 0 Å². The summed E-state index contributed by atoms with van der Waals surface area (Å²) >= 11 is 5.91. The highest BCUT2D eigenvalue weighted by Crippen LogP contribution is 2.20. The molecule has 1 aliphatic rings. The van der Waals surface area contributed by atoms with Crippen molar-refractivity contribution in [3.8, 4) is 0 Å². The second-order valence-corrected chi connectivity index (χ2v) is 6.67. The van der Waals surface area contributed by atoms with Crippen LogP contribution in [0.15, 0.2) is 48.5 Å². The Kier molecular flexibility index (Phi) is 5.76. The quantitative estimate of drug-likeness (QED) is 0.794. The third kappa shape index (κ3) is 4.51. The van der Waals surface area contributed by atoms with Gasteiger partial charge >= 0.3 is 0 Å². The van der Waals surface area contributed by atoms with Crippen LogP contribution in [0.3, 0.4) is 0 Å². The molecule has 1 heterocycles. The van der Waals surface area contributed by atoms with Gasteiger partial charge in [-0.05, 0) is 61.6 Å². The molecule has 24 heavy (non-hydrogen) atoms. The fourth-order valence-corrected chi connectivity index (χ4v) is 3.27. The molecule has 0 aliphatic carbocycles. The van der Waals surface area contributed by atoms with Gasteiger partial charge < -0.3 is 10.2 Å². The molecule has 0 bridgehead atoms. The maximum absolute atomic E-state index is 12.0. The highest BCUT2D eigenvalue weighted by atomic mass is 35.5. The highest BCUT2D eigenvalue weighted by molar-refractivity contribution is 6.30. The Bertz CT molecular complexity index is 678. The summed E-state index contributed by atoms with van der Waals surface area (Å²) in [5.41, 5.74) is 3.25. The number of nitrogens with one attached hydrogen (secondary N) is 1. The third-order valence-electron chi connectivity index (χ3n) is 4.42. The highest BCUT2D eigenvalue weighted by Gasteiger charge is 2.11. The zero-order valence-corrected chi connectivity index (χ0v) is 14.6. The number of carbonyl (C=O) groups excluding carboxylic acids is 1. The van der Waals surface area contributed by atoms with Crippen LogP contribution in [0.2, 0.25) is 5.02 Å². The summed E-state index contributed by atoms with van der Waals surface area (Å²) in [6.45, 7) is 3.02. The first-order chi connectivity index (χ1) is 11.7. The summed E-state index contributed by atoms with van der Waals surface area (Å²) in [7, 11) is 0. The number of hydrogen-bond acceptors (Lipinski definition) is 2. The molecule has 0 radical (unpaired) electrons. The summed E-state index contributed by atoms with van der Waals surface area (Å²) in [6.07, 6.45) is 4.49. The summed E-state index contributed by atoms with van der Waals surface area (Å²) in [5.74, 6) is -0.0677. The number of rotatable bonds is 6. The minimum absolute atomic E-state index is 0.0677. The van der Waals surface area contributed by atoms with Crippen molar-refractivity contribution in [3.63, 3.8) is 0 Å². The first kappa shape index (κ1) is 16.8. The molecule has 1 fully saturated rings. The Balaban J connectivity index is 1.42. The molecule has 0 unspecified atom stereocenters. The maximum Gasteiger partial charge on any atom is 0.251 e. The minimum Gasteiger partial charge on any atom is -0.372 e. The van der Waals surface area contributed by atoms with Gasteiger partial charge in [0.05, 0.1) is 0 Å². The molecule has 0 aromatic heterocycles. The van der Waals surface area contributed by atoms with Gasteiger partial charge in [0.15, 0.2) is 0 Å². The maximum atomic E-state index is 12.0. The first-order valence-corrected chi connectivity index (χ1v) is 8.98. The van der Waals surface area contributed by atoms with Crippen molar-refractivity contribution < 1.29 is 4.79 Å². The summed E-state index contributed by atoms with van der Waals surface area (Å²) in [6, 6.07) is 15.9. The number of hydrogen-bond donors (Lipinski definition) is 1. The zero-order chi connectivity index (χ0) is 16.8. The number of carbonyl (C=O) groups is 1. The predicted octanol–water partition coefficient (Wildman–Crippen LogP) is 4.30. The second-order valence-electron chi connectivity index (χ2n) is 6.23. The lowest BCUT2D eigenvalue weighted by atomic mass is 10.1. The van der Waals surface area contributed by atoms with Crippen LogP contribution >= 0.6 is 11.6 Å². The number of anilines is 1. The topological polar surface area (TPSA) is 32.3 Å². The predicted molar refractivity (Wildman–Crippen MR) is 100.0 cm³/mol. The SMILES string of the molecule is O=C(NCCCc1ccc(N2CCCC2)cc1)c1cccc(Cl)c1. The number of amides is 1. The van der Waals surface area contributed by atoms with Gasteiger partial charge in [0.2, 0.25) is 0 Å². The van der Waals surface area contributed by atoms with E-state index in [0.29, 0.717) is 17.1 Å². The van der Waals surface area contributed by atoms with E-state index in [-0.39, 0.29) is 5.91 Å². The number of aryl methyl sites for hydroxylation is 1. The molecule has 0 spiro atoms. The van der Waals surface area contributed by atoms with Crippen molar-refractivity contribution >= 4 is 23.2 Å². The van der Waals surface area contributed by atoms with E-state index in [0.717, 1.165) is 12.8 Å². The molecule has 0 saturated carbocycles. The molecule has 4 heteroatoms. The monoisotopic (exact) mass is 342 g/mol. The molecule has 3 nitrogen and oxygen atoms in total. The van der Waals surface area contributed by atoms with Crippen LogP contribution in [0, 0.1) is 0 Å². The second kappa shape index (κ2) is 8.20. The van der Waals surface area contributed by atoms with Crippen LogP contribution in [-0.4, -0.2) is 25.5 Å². The van der Waals surface area contributed by atoms with Crippen molar-refractivity contribution in [3.05, 3.63) is 64.7 Å². The van der Waals surface area contributed by atoms with Crippen molar-refractivity contribution in [2.24, 2.45) is 0 Å². The lowest BCUT2D eigenvalue weighted by Gasteiger charge is -2.17. The average Bonchev–Trinajstić information content (AvgIpc) is 3.14. The lowest BCUT2D eigenvalue weighted by molar-refractivity contribution is 0.0953. The van der Waals surface area contributed by atoms with Crippen LogP contribution in [0.5, 0.6) is 0 Å². The molecule has 2 aromatic carbocycles. The van der Waals surface area contributed by atoms with Gasteiger partial charge in [-0.3, -0.25) is 4.79 Å². The molecular weight excluding hydrogens is 320 g/mol. The number of halogens is 1. The molecule has 0 atom stereocenters. The normalized spacial score (nSPS) is 14.0. The van der Waals surface area contributed by atoms with Gasteiger partial charge in [-0.1, -0.05) is 29.8 Å². The fraction of sp³-hybridized carbons (Fsp3) is 0.350. The molecule has 126 valence electrons. The van der Waals surface area contributed by atoms with E-state index in [1.807, 2.05) is 0 Å². The molecule has 1 N–H and O–H groups in total. The molecule has 1 aliphatic heterocycles. The molecule has 3 rings (SSSR count). The Morgan fingerprint density at radius 3 is 2.54 bits per heavy atom. The van der Waals surface area contributed by atoms with Crippen LogP contribution in [0.1, 0.15) is 35.2 Å². The van der Waals surface area contributed by atoms with Gasteiger partial charge in [0.25, 0.3) is 5.91 Å². The van der Waals surface area contributed by atoms with Gasteiger partial charge in [0, 0.05) is 35.9 Å². The summed E-state index contributed by atoms with van der Waals surface area (Å²) < 4.78 is 0. The Labute approximate surface area is 148 Å². The van der Waals surface area contributed by atoms with E-state index < -0.39 is 0 Å². The summed E-state index contributed by atoms with van der Waals surface area (Å²) in [5, 5.41) is 3.53. The Morgan fingerprint density at radius 2 is 1.83 bits per heavy atom. The molecule has 1 amide bonds.